The van der Waals surface area contributed by atoms with Crippen molar-refractivity contribution in [1.29, 1.82) is 0 Å². The number of carbonyl (C=O) groups excluding carboxylic acids is 1. The Morgan fingerprint density at radius 2 is 1.96 bits per heavy atom. The fraction of sp³-hybridized carbons (Fsp3) is 0.333. The van der Waals surface area contributed by atoms with Gasteiger partial charge >= 0.3 is 0 Å². The molecule has 0 saturated carbocycles. The molecule has 2 aromatic rings. The maximum absolute atomic E-state index is 12.9. The molecule has 1 aromatic carbocycles. The van der Waals surface area contributed by atoms with Crippen molar-refractivity contribution in [3.8, 4) is 0 Å². The Labute approximate surface area is 145 Å². The van der Waals surface area contributed by atoms with Gasteiger partial charge in [-0.05, 0) is 36.6 Å². The predicted octanol–water partition coefficient (Wildman–Crippen LogP) is 3.72. The van der Waals surface area contributed by atoms with Gasteiger partial charge < -0.3 is 9.80 Å². The third-order valence-electron chi connectivity index (χ3n) is 4.13. The maximum Gasteiger partial charge on any atom is 0.257 e. The maximum atomic E-state index is 12.9. The molecule has 0 N–H and O–H groups in total. The molecule has 1 aromatic heterocycles. The second-order valence-corrected chi connectivity index (χ2v) is 6.68. The van der Waals surface area contributed by atoms with E-state index in [1.54, 1.807) is 11.1 Å². The van der Waals surface area contributed by atoms with Crippen LogP contribution in [0.2, 0.25) is 0 Å². The van der Waals surface area contributed by atoms with Crippen LogP contribution in [0.5, 0.6) is 0 Å². The van der Waals surface area contributed by atoms with Crippen LogP contribution >= 0.6 is 15.9 Å². The van der Waals surface area contributed by atoms with Crippen LogP contribution in [0.1, 0.15) is 28.8 Å². The molecule has 1 aliphatic rings. The third-order valence-corrected chi connectivity index (χ3v) is 4.91. The number of pyridine rings is 1. The monoisotopic (exact) mass is 373 g/mol. The average Bonchev–Trinajstić information content (AvgIpc) is 3.10. The predicted molar refractivity (Wildman–Crippen MR) is 95.6 cm³/mol. The summed E-state index contributed by atoms with van der Waals surface area (Å²) < 4.78 is 1.02. The summed E-state index contributed by atoms with van der Waals surface area (Å²) in [6.07, 6.45) is 4.09. The largest absolute Gasteiger partial charge is 0.356 e. The number of halogens is 1. The van der Waals surface area contributed by atoms with Crippen LogP contribution < -0.4 is 4.90 Å². The van der Waals surface area contributed by atoms with Gasteiger partial charge in [0.1, 0.15) is 5.82 Å². The molecular formula is C18H20BrN3O. The SMILES string of the molecule is CN(Cc1ccccc1Br)C(=O)c1cccnc1N1CCCC1. The normalized spacial score (nSPS) is 14.1. The molecule has 0 radical (unpaired) electrons. The van der Waals surface area contributed by atoms with E-state index in [1.165, 1.54) is 0 Å². The van der Waals surface area contributed by atoms with Crippen LogP contribution in [0.15, 0.2) is 47.1 Å². The highest BCUT2D eigenvalue weighted by Crippen LogP contribution is 2.24. The number of hydrogen-bond acceptors (Lipinski definition) is 3. The van der Waals surface area contributed by atoms with Crippen LogP contribution in [0.4, 0.5) is 5.82 Å². The Kier molecular flexibility index (Phi) is 4.96. The van der Waals surface area contributed by atoms with Gasteiger partial charge in [0.15, 0.2) is 0 Å². The Morgan fingerprint density at radius 3 is 2.70 bits per heavy atom. The summed E-state index contributed by atoms with van der Waals surface area (Å²) in [5.74, 6) is 0.824. The third kappa shape index (κ3) is 3.55. The zero-order chi connectivity index (χ0) is 16.2. The second kappa shape index (κ2) is 7.13. The summed E-state index contributed by atoms with van der Waals surface area (Å²) in [7, 11) is 1.84. The highest BCUT2D eigenvalue weighted by atomic mass is 79.9. The minimum Gasteiger partial charge on any atom is -0.356 e. The first kappa shape index (κ1) is 16.0. The fourth-order valence-electron chi connectivity index (χ4n) is 2.90. The Bertz CT molecular complexity index is 698. The molecule has 1 fully saturated rings. The number of anilines is 1. The topological polar surface area (TPSA) is 36.4 Å². The Hall–Kier alpha value is -1.88. The van der Waals surface area contributed by atoms with Crippen molar-refractivity contribution in [2.75, 3.05) is 25.0 Å². The quantitative estimate of drug-likeness (QED) is 0.819. The zero-order valence-electron chi connectivity index (χ0n) is 13.2. The van der Waals surface area contributed by atoms with Crippen LogP contribution in [0.3, 0.4) is 0 Å². The number of nitrogens with zero attached hydrogens (tertiary/aromatic N) is 3. The average molecular weight is 374 g/mol. The minimum absolute atomic E-state index is 0.00996. The van der Waals surface area contributed by atoms with Crippen LogP contribution in [0, 0.1) is 0 Å². The van der Waals surface area contributed by atoms with Crippen molar-refractivity contribution in [3.63, 3.8) is 0 Å². The Balaban J connectivity index is 1.81. The zero-order valence-corrected chi connectivity index (χ0v) is 14.8. The summed E-state index contributed by atoms with van der Waals surface area (Å²) in [5, 5.41) is 0. The van der Waals surface area contributed by atoms with Gasteiger partial charge in [0, 0.05) is 37.4 Å². The summed E-state index contributed by atoms with van der Waals surface area (Å²) >= 11 is 3.54. The first-order chi connectivity index (χ1) is 11.2. The van der Waals surface area contributed by atoms with Gasteiger partial charge in [-0.1, -0.05) is 34.1 Å². The van der Waals surface area contributed by atoms with E-state index in [-0.39, 0.29) is 5.91 Å². The molecule has 1 amide bonds. The molecule has 1 saturated heterocycles. The lowest BCUT2D eigenvalue weighted by molar-refractivity contribution is 0.0785. The first-order valence-electron chi connectivity index (χ1n) is 7.85. The minimum atomic E-state index is 0.00996. The molecular weight excluding hydrogens is 354 g/mol. The number of aromatic nitrogens is 1. The van der Waals surface area contributed by atoms with Crippen molar-refractivity contribution in [2.24, 2.45) is 0 Å². The lowest BCUT2D eigenvalue weighted by Crippen LogP contribution is -2.29. The summed E-state index contributed by atoms with van der Waals surface area (Å²) in [6, 6.07) is 11.7. The number of hydrogen-bond donors (Lipinski definition) is 0. The van der Waals surface area contributed by atoms with Crippen molar-refractivity contribution >= 4 is 27.7 Å². The lowest BCUT2D eigenvalue weighted by Gasteiger charge is -2.23. The van der Waals surface area contributed by atoms with E-state index in [4.69, 9.17) is 0 Å². The molecule has 0 bridgehead atoms. The van der Waals surface area contributed by atoms with E-state index in [2.05, 4.69) is 25.8 Å². The number of benzene rings is 1. The van der Waals surface area contributed by atoms with Gasteiger partial charge in [0.05, 0.1) is 5.56 Å². The van der Waals surface area contributed by atoms with Gasteiger partial charge in [-0.3, -0.25) is 4.79 Å². The van der Waals surface area contributed by atoms with E-state index < -0.39 is 0 Å². The van der Waals surface area contributed by atoms with Crippen LogP contribution in [-0.2, 0) is 6.54 Å². The van der Waals surface area contributed by atoms with Gasteiger partial charge in [0.2, 0.25) is 0 Å². The van der Waals surface area contributed by atoms with E-state index >= 15 is 0 Å². The highest BCUT2D eigenvalue weighted by Gasteiger charge is 2.22. The molecule has 120 valence electrons. The molecule has 3 rings (SSSR count). The van der Waals surface area contributed by atoms with Gasteiger partial charge in [-0.2, -0.15) is 0 Å². The molecule has 1 aliphatic heterocycles. The van der Waals surface area contributed by atoms with Crippen LogP contribution in [-0.4, -0.2) is 35.9 Å². The molecule has 0 aliphatic carbocycles. The molecule has 4 nitrogen and oxygen atoms in total. The standard InChI is InChI=1S/C18H20BrN3O/c1-21(13-14-7-2-3-9-16(14)19)18(23)15-8-6-10-20-17(15)22-11-4-5-12-22/h2-3,6-10H,4-5,11-13H2,1H3. The van der Waals surface area contributed by atoms with E-state index in [0.717, 1.165) is 41.8 Å². The molecule has 0 atom stereocenters. The van der Waals surface area contributed by atoms with E-state index in [0.29, 0.717) is 12.1 Å². The summed E-state index contributed by atoms with van der Waals surface area (Å²) in [5.41, 5.74) is 1.78. The fourth-order valence-corrected chi connectivity index (χ4v) is 3.31. The van der Waals surface area contributed by atoms with Crippen molar-refractivity contribution in [1.82, 2.24) is 9.88 Å². The highest BCUT2D eigenvalue weighted by molar-refractivity contribution is 9.10. The van der Waals surface area contributed by atoms with Crippen molar-refractivity contribution in [3.05, 3.63) is 58.2 Å². The second-order valence-electron chi connectivity index (χ2n) is 5.82. The summed E-state index contributed by atoms with van der Waals surface area (Å²) in [6.45, 7) is 2.52. The van der Waals surface area contributed by atoms with E-state index in [1.807, 2.05) is 43.4 Å². The molecule has 23 heavy (non-hydrogen) atoms. The van der Waals surface area contributed by atoms with Crippen molar-refractivity contribution < 1.29 is 4.79 Å². The Morgan fingerprint density at radius 1 is 1.22 bits per heavy atom. The van der Waals surface area contributed by atoms with E-state index in [9.17, 15) is 4.79 Å². The molecule has 0 unspecified atom stereocenters. The smallest absolute Gasteiger partial charge is 0.257 e. The number of carbonyl (C=O) groups is 1. The van der Waals surface area contributed by atoms with Crippen LogP contribution in [0.25, 0.3) is 0 Å². The lowest BCUT2D eigenvalue weighted by atomic mass is 10.1. The summed E-state index contributed by atoms with van der Waals surface area (Å²) in [4.78, 5) is 21.3. The van der Waals surface area contributed by atoms with Gasteiger partial charge in [-0.15, -0.1) is 0 Å². The van der Waals surface area contributed by atoms with Gasteiger partial charge in [-0.25, -0.2) is 4.98 Å². The first-order valence-corrected chi connectivity index (χ1v) is 8.65. The number of rotatable bonds is 4. The molecule has 2 heterocycles. The number of amides is 1. The molecule has 0 spiro atoms. The van der Waals surface area contributed by atoms with Crippen molar-refractivity contribution in [2.45, 2.75) is 19.4 Å². The van der Waals surface area contributed by atoms with Gasteiger partial charge in [0.25, 0.3) is 5.91 Å². The molecule has 5 heteroatoms.